The minimum Gasteiger partial charge on any atom is -0.497 e. The normalized spacial score (nSPS) is 16.8. The van der Waals surface area contributed by atoms with Gasteiger partial charge in [0.25, 0.3) is 0 Å². The SMILES string of the molecule is COc1ccc(CN2CC(C(=O)Nc3ccc(C)cc3)CC2=O)cc1. The minimum atomic E-state index is -0.313. The van der Waals surface area contributed by atoms with Gasteiger partial charge in [-0.25, -0.2) is 0 Å². The molecule has 5 heteroatoms. The molecule has 2 aromatic carbocycles. The number of amides is 2. The van der Waals surface area contributed by atoms with Crippen molar-refractivity contribution in [2.75, 3.05) is 19.0 Å². The first kappa shape index (κ1) is 17.0. The monoisotopic (exact) mass is 338 g/mol. The molecule has 1 fully saturated rings. The molecule has 25 heavy (non-hydrogen) atoms. The Hall–Kier alpha value is -2.82. The van der Waals surface area contributed by atoms with Crippen LogP contribution in [-0.4, -0.2) is 30.4 Å². The zero-order chi connectivity index (χ0) is 17.8. The summed E-state index contributed by atoms with van der Waals surface area (Å²) in [7, 11) is 1.62. The van der Waals surface area contributed by atoms with E-state index < -0.39 is 0 Å². The average molecular weight is 338 g/mol. The number of hydrogen-bond acceptors (Lipinski definition) is 3. The third-order valence-electron chi connectivity index (χ3n) is 4.44. The molecule has 3 rings (SSSR count). The molecule has 0 aromatic heterocycles. The molecular formula is C20H22N2O3. The van der Waals surface area contributed by atoms with Gasteiger partial charge in [0.1, 0.15) is 5.75 Å². The Morgan fingerprint density at radius 2 is 1.84 bits per heavy atom. The van der Waals surface area contributed by atoms with Crippen molar-refractivity contribution in [3.63, 3.8) is 0 Å². The Kier molecular flexibility index (Phi) is 5.03. The summed E-state index contributed by atoms with van der Waals surface area (Å²) in [4.78, 5) is 26.4. The van der Waals surface area contributed by atoms with E-state index in [1.165, 1.54) is 0 Å². The van der Waals surface area contributed by atoms with Crippen LogP contribution in [0.4, 0.5) is 5.69 Å². The zero-order valence-electron chi connectivity index (χ0n) is 14.5. The third-order valence-corrected chi connectivity index (χ3v) is 4.44. The van der Waals surface area contributed by atoms with E-state index in [4.69, 9.17) is 4.74 Å². The lowest BCUT2D eigenvalue weighted by Gasteiger charge is -2.17. The standard InChI is InChI=1S/C20H22N2O3/c1-14-3-7-17(8-4-14)21-20(24)16-11-19(23)22(13-16)12-15-5-9-18(25-2)10-6-15/h3-10,16H,11-13H2,1-2H3,(H,21,24). The van der Waals surface area contributed by atoms with Gasteiger partial charge >= 0.3 is 0 Å². The van der Waals surface area contributed by atoms with Gasteiger partial charge in [-0.15, -0.1) is 0 Å². The smallest absolute Gasteiger partial charge is 0.229 e. The van der Waals surface area contributed by atoms with E-state index in [1.54, 1.807) is 12.0 Å². The van der Waals surface area contributed by atoms with Crippen molar-refractivity contribution >= 4 is 17.5 Å². The molecular weight excluding hydrogens is 316 g/mol. The molecule has 0 saturated carbocycles. The van der Waals surface area contributed by atoms with E-state index in [9.17, 15) is 9.59 Å². The Labute approximate surface area is 147 Å². The predicted molar refractivity (Wildman–Crippen MR) is 96.3 cm³/mol. The lowest BCUT2D eigenvalue weighted by molar-refractivity contribution is -0.128. The number of anilines is 1. The van der Waals surface area contributed by atoms with Crippen LogP contribution in [-0.2, 0) is 16.1 Å². The number of likely N-dealkylation sites (tertiary alicyclic amines) is 1. The van der Waals surface area contributed by atoms with Crippen LogP contribution in [0.15, 0.2) is 48.5 Å². The number of methoxy groups -OCH3 is 1. The predicted octanol–water partition coefficient (Wildman–Crippen LogP) is 2.99. The lowest BCUT2D eigenvalue weighted by Crippen LogP contribution is -2.28. The summed E-state index contributed by atoms with van der Waals surface area (Å²) in [5, 5.41) is 2.90. The maximum Gasteiger partial charge on any atom is 0.229 e. The van der Waals surface area contributed by atoms with E-state index in [-0.39, 0.29) is 24.2 Å². The summed E-state index contributed by atoms with van der Waals surface area (Å²) in [6, 6.07) is 15.3. The van der Waals surface area contributed by atoms with E-state index >= 15 is 0 Å². The summed E-state index contributed by atoms with van der Waals surface area (Å²) < 4.78 is 5.14. The van der Waals surface area contributed by atoms with Crippen LogP contribution in [0.1, 0.15) is 17.5 Å². The molecule has 1 heterocycles. The second-order valence-corrected chi connectivity index (χ2v) is 6.38. The van der Waals surface area contributed by atoms with Crippen molar-refractivity contribution in [1.29, 1.82) is 0 Å². The Balaban J connectivity index is 1.59. The maximum atomic E-state index is 12.4. The van der Waals surface area contributed by atoms with Crippen LogP contribution >= 0.6 is 0 Å². The number of aryl methyl sites for hydroxylation is 1. The van der Waals surface area contributed by atoms with Gasteiger partial charge in [-0.05, 0) is 36.8 Å². The summed E-state index contributed by atoms with van der Waals surface area (Å²) in [5.74, 6) is 0.383. The van der Waals surface area contributed by atoms with E-state index in [2.05, 4.69) is 5.32 Å². The lowest BCUT2D eigenvalue weighted by atomic mass is 10.1. The van der Waals surface area contributed by atoms with Crippen LogP contribution in [0.5, 0.6) is 5.75 Å². The average Bonchev–Trinajstić information content (AvgIpc) is 2.98. The molecule has 2 amide bonds. The molecule has 0 radical (unpaired) electrons. The molecule has 1 aliphatic heterocycles. The number of nitrogens with one attached hydrogen (secondary N) is 1. The highest BCUT2D eigenvalue weighted by Gasteiger charge is 2.34. The Bertz CT molecular complexity index is 754. The summed E-state index contributed by atoms with van der Waals surface area (Å²) in [6.45, 7) is 2.96. The molecule has 0 spiro atoms. The van der Waals surface area contributed by atoms with Gasteiger partial charge in [-0.1, -0.05) is 29.8 Å². The second kappa shape index (κ2) is 7.38. The molecule has 1 atom stereocenters. The topological polar surface area (TPSA) is 58.6 Å². The fraction of sp³-hybridized carbons (Fsp3) is 0.300. The van der Waals surface area contributed by atoms with Gasteiger partial charge in [0.2, 0.25) is 11.8 Å². The molecule has 2 aromatic rings. The fourth-order valence-electron chi connectivity index (χ4n) is 2.93. The van der Waals surface area contributed by atoms with Crippen molar-refractivity contribution in [1.82, 2.24) is 4.90 Å². The zero-order valence-corrected chi connectivity index (χ0v) is 14.5. The van der Waals surface area contributed by atoms with Crippen molar-refractivity contribution in [2.24, 2.45) is 5.92 Å². The number of carbonyl (C=O) groups is 2. The first-order valence-corrected chi connectivity index (χ1v) is 8.33. The quantitative estimate of drug-likeness (QED) is 0.912. The highest BCUT2D eigenvalue weighted by molar-refractivity contribution is 5.97. The largest absolute Gasteiger partial charge is 0.497 e. The number of nitrogens with zero attached hydrogens (tertiary/aromatic N) is 1. The van der Waals surface area contributed by atoms with E-state index in [0.717, 1.165) is 22.6 Å². The van der Waals surface area contributed by atoms with Crippen molar-refractivity contribution in [3.8, 4) is 5.75 Å². The Morgan fingerprint density at radius 3 is 2.48 bits per heavy atom. The highest BCUT2D eigenvalue weighted by Crippen LogP contribution is 2.23. The summed E-state index contributed by atoms with van der Waals surface area (Å²) >= 11 is 0. The van der Waals surface area contributed by atoms with Gasteiger partial charge in [0.15, 0.2) is 0 Å². The first-order chi connectivity index (χ1) is 12.0. The van der Waals surface area contributed by atoms with Crippen molar-refractivity contribution in [2.45, 2.75) is 19.9 Å². The van der Waals surface area contributed by atoms with Crippen molar-refractivity contribution in [3.05, 3.63) is 59.7 Å². The van der Waals surface area contributed by atoms with Gasteiger partial charge in [0, 0.05) is 25.2 Å². The fourth-order valence-corrected chi connectivity index (χ4v) is 2.93. The number of hydrogen-bond donors (Lipinski definition) is 1. The summed E-state index contributed by atoms with van der Waals surface area (Å²) in [5.41, 5.74) is 2.92. The first-order valence-electron chi connectivity index (χ1n) is 8.33. The number of ether oxygens (including phenoxy) is 1. The van der Waals surface area contributed by atoms with Crippen LogP contribution in [0.25, 0.3) is 0 Å². The van der Waals surface area contributed by atoms with Gasteiger partial charge in [-0.3, -0.25) is 9.59 Å². The van der Waals surface area contributed by atoms with Crippen molar-refractivity contribution < 1.29 is 14.3 Å². The molecule has 1 saturated heterocycles. The van der Waals surface area contributed by atoms with Crippen LogP contribution in [0, 0.1) is 12.8 Å². The molecule has 0 bridgehead atoms. The Morgan fingerprint density at radius 1 is 1.16 bits per heavy atom. The molecule has 130 valence electrons. The summed E-state index contributed by atoms with van der Waals surface area (Å²) in [6.07, 6.45) is 0.258. The maximum absolute atomic E-state index is 12.4. The number of carbonyl (C=O) groups excluding carboxylic acids is 2. The van der Waals surface area contributed by atoms with E-state index in [1.807, 2.05) is 55.5 Å². The third kappa shape index (κ3) is 4.18. The molecule has 1 N–H and O–H groups in total. The second-order valence-electron chi connectivity index (χ2n) is 6.38. The molecule has 0 aliphatic carbocycles. The number of rotatable bonds is 5. The van der Waals surface area contributed by atoms with Crippen LogP contribution in [0.3, 0.4) is 0 Å². The highest BCUT2D eigenvalue weighted by atomic mass is 16.5. The molecule has 1 aliphatic rings. The van der Waals surface area contributed by atoms with E-state index in [0.29, 0.717) is 13.1 Å². The number of benzene rings is 2. The molecule has 5 nitrogen and oxygen atoms in total. The molecule has 1 unspecified atom stereocenters. The van der Waals surface area contributed by atoms with Gasteiger partial charge in [-0.2, -0.15) is 0 Å². The van der Waals surface area contributed by atoms with Gasteiger partial charge in [0.05, 0.1) is 13.0 Å². The van der Waals surface area contributed by atoms with Crippen LogP contribution in [0.2, 0.25) is 0 Å². The van der Waals surface area contributed by atoms with Crippen LogP contribution < -0.4 is 10.1 Å². The van der Waals surface area contributed by atoms with Gasteiger partial charge < -0.3 is 15.0 Å². The minimum absolute atomic E-state index is 0.0138.